The van der Waals surface area contributed by atoms with Crippen molar-refractivity contribution in [1.29, 1.82) is 0 Å². The zero-order valence-electron chi connectivity index (χ0n) is 9.60. The third-order valence-corrected chi connectivity index (χ3v) is 3.31. The van der Waals surface area contributed by atoms with Gasteiger partial charge in [-0.1, -0.05) is 24.4 Å². The predicted molar refractivity (Wildman–Crippen MR) is 73.1 cm³/mol. The van der Waals surface area contributed by atoms with Gasteiger partial charge in [-0.3, -0.25) is 4.72 Å². The highest BCUT2D eigenvalue weighted by molar-refractivity contribution is 7.90. The Kier molecular flexibility index (Phi) is 4.44. The van der Waals surface area contributed by atoms with Crippen LogP contribution >= 0.6 is 12.2 Å². The molecule has 17 heavy (non-hydrogen) atoms. The minimum Gasteiger partial charge on any atom is -0.389 e. The fourth-order valence-corrected chi connectivity index (χ4v) is 2.47. The lowest BCUT2D eigenvalue weighted by Crippen LogP contribution is -2.35. The molecule has 0 aliphatic carbocycles. The fraction of sp³-hybridized carbons (Fsp3) is 0.300. The van der Waals surface area contributed by atoms with Crippen LogP contribution in [0.1, 0.15) is 19.4 Å². The third kappa shape index (κ3) is 4.68. The van der Waals surface area contributed by atoms with E-state index in [1.807, 2.05) is 0 Å². The van der Waals surface area contributed by atoms with Crippen LogP contribution in [0, 0.1) is 0 Å². The number of hydrogen-bond donors (Lipinski definition) is 3. The second-order valence-corrected chi connectivity index (χ2v) is 5.71. The van der Waals surface area contributed by atoms with E-state index >= 15 is 0 Å². The Balaban J connectivity index is 2.89. The second-order valence-electron chi connectivity index (χ2n) is 3.82. The number of nitrogens with two attached hydrogens (primary N) is 1. The zero-order valence-corrected chi connectivity index (χ0v) is 11.2. The van der Waals surface area contributed by atoms with E-state index in [2.05, 4.69) is 9.44 Å². The molecule has 4 N–H and O–H groups in total. The van der Waals surface area contributed by atoms with Crippen LogP contribution in [0.2, 0.25) is 0 Å². The molecule has 0 heterocycles. The monoisotopic (exact) mass is 273 g/mol. The molecule has 1 aromatic rings. The summed E-state index contributed by atoms with van der Waals surface area (Å²) in [5.41, 5.74) is 6.50. The average Bonchev–Trinajstić information content (AvgIpc) is 2.14. The maximum atomic E-state index is 11.6. The van der Waals surface area contributed by atoms with E-state index in [0.29, 0.717) is 11.3 Å². The fourth-order valence-electron chi connectivity index (χ4n) is 1.23. The van der Waals surface area contributed by atoms with Crippen LogP contribution in [-0.2, 0) is 10.2 Å². The first kappa shape index (κ1) is 13.9. The summed E-state index contributed by atoms with van der Waals surface area (Å²) >= 11 is 4.82. The van der Waals surface area contributed by atoms with E-state index in [4.69, 9.17) is 18.0 Å². The van der Waals surface area contributed by atoms with Gasteiger partial charge in [0.25, 0.3) is 10.2 Å². The summed E-state index contributed by atoms with van der Waals surface area (Å²) in [6, 6.07) is 6.44. The van der Waals surface area contributed by atoms with Crippen LogP contribution in [0.5, 0.6) is 0 Å². The van der Waals surface area contributed by atoms with Gasteiger partial charge < -0.3 is 5.73 Å². The van der Waals surface area contributed by atoms with Gasteiger partial charge in [0.05, 0.1) is 5.69 Å². The van der Waals surface area contributed by atoms with Crippen molar-refractivity contribution < 1.29 is 8.42 Å². The number of anilines is 1. The Morgan fingerprint density at radius 1 is 1.41 bits per heavy atom. The lowest BCUT2D eigenvalue weighted by molar-refractivity contribution is 0.575. The molecule has 0 spiro atoms. The molecule has 0 aromatic heterocycles. The van der Waals surface area contributed by atoms with Crippen molar-refractivity contribution in [3.63, 3.8) is 0 Å². The lowest BCUT2D eigenvalue weighted by Gasteiger charge is -2.12. The van der Waals surface area contributed by atoms with E-state index in [1.54, 1.807) is 38.1 Å². The van der Waals surface area contributed by atoms with Crippen LogP contribution in [0.25, 0.3) is 0 Å². The van der Waals surface area contributed by atoms with Crippen molar-refractivity contribution in [2.24, 2.45) is 5.73 Å². The highest BCUT2D eigenvalue weighted by Crippen LogP contribution is 2.11. The molecule has 0 unspecified atom stereocenters. The molecule has 0 radical (unpaired) electrons. The van der Waals surface area contributed by atoms with E-state index in [9.17, 15) is 8.42 Å². The van der Waals surface area contributed by atoms with Crippen LogP contribution in [0.3, 0.4) is 0 Å². The van der Waals surface area contributed by atoms with Crippen LogP contribution in [0.4, 0.5) is 5.69 Å². The Hall–Kier alpha value is -1.18. The highest BCUT2D eigenvalue weighted by atomic mass is 32.2. The van der Waals surface area contributed by atoms with Crippen LogP contribution < -0.4 is 15.2 Å². The smallest absolute Gasteiger partial charge is 0.299 e. The Morgan fingerprint density at radius 2 is 2.06 bits per heavy atom. The summed E-state index contributed by atoms with van der Waals surface area (Å²) in [7, 11) is -3.56. The minimum absolute atomic E-state index is 0.175. The zero-order chi connectivity index (χ0) is 13.1. The number of nitrogens with one attached hydrogen (secondary N) is 2. The van der Waals surface area contributed by atoms with Crippen molar-refractivity contribution in [2.75, 3.05) is 4.72 Å². The highest BCUT2D eigenvalue weighted by Gasteiger charge is 2.11. The lowest BCUT2D eigenvalue weighted by atomic mass is 10.2. The molecule has 0 fully saturated rings. The molecule has 0 aliphatic rings. The van der Waals surface area contributed by atoms with Gasteiger partial charge in [0, 0.05) is 11.6 Å². The van der Waals surface area contributed by atoms with Gasteiger partial charge in [-0.25, -0.2) is 0 Å². The van der Waals surface area contributed by atoms with Gasteiger partial charge >= 0.3 is 0 Å². The Morgan fingerprint density at radius 3 is 2.59 bits per heavy atom. The largest absolute Gasteiger partial charge is 0.389 e. The summed E-state index contributed by atoms with van der Waals surface area (Å²) in [5.74, 6) is 0. The average molecular weight is 273 g/mol. The van der Waals surface area contributed by atoms with E-state index in [1.165, 1.54) is 0 Å². The topological polar surface area (TPSA) is 84.2 Å². The van der Waals surface area contributed by atoms with Gasteiger partial charge in [-0.15, -0.1) is 0 Å². The second kappa shape index (κ2) is 5.44. The van der Waals surface area contributed by atoms with Gasteiger partial charge in [0.1, 0.15) is 4.99 Å². The molecule has 0 amide bonds. The first-order valence-corrected chi connectivity index (χ1v) is 6.89. The normalized spacial score (nSPS) is 11.5. The molecular formula is C10H15N3O2S2. The van der Waals surface area contributed by atoms with Crippen molar-refractivity contribution in [1.82, 2.24) is 4.72 Å². The Labute approximate surface area is 107 Å². The summed E-state index contributed by atoms with van der Waals surface area (Å²) in [6.45, 7) is 3.48. The standard InChI is InChI=1S/C10H15N3O2S2/c1-7(2)12-17(14,15)13-9-5-3-4-8(6-9)10(11)16/h3-7,12-13H,1-2H3,(H2,11,16). The minimum atomic E-state index is -3.56. The van der Waals surface area contributed by atoms with Crippen LogP contribution in [-0.4, -0.2) is 19.4 Å². The van der Waals surface area contributed by atoms with E-state index in [-0.39, 0.29) is 11.0 Å². The van der Waals surface area contributed by atoms with Crippen molar-refractivity contribution in [2.45, 2.75) is 19.9 Å². The molecule has 0 saturated heterocycles. The number of rotatable bonds is 5. The molecule has 0 aliphatic heterocycles. The molecule has 7 heteroatoms. The van der Waals surface area contributed by atoms with Gasteiger partial charge in [-0.2, -0.15) is 13.1 Å². The first-order chi connectivity index (χ1) is 7.80. The number of benzene rings is 1. The quantitative estimate of drug-likeness (QED) is 0.698. The van der Waals surface area contributed by atoms with E-state index < -0.39 is 10.2 Å². The van der Waals surface area contributed by atoms with Gasteiger partial charge in [-0.05, 0) is 26.0 Å². The molecule has 0 bridgehead atoms. The molecule has 0 atom stereocenters. The molecule has 94 valence electrons. The summed E-state index contributed by atoms with van der Waals surface area (Å²) in [5, 5.41) is 0. The van der Waals surface area contributed by atoms with Gasteiger partial charge in [0.15, 0.2) is 0 Å². The third-order valence-electron chi connectivity index (χ3n) is 1.79. The number of thiocarbonyl (C=S) groups is 1. The maximum Gasteiger partial charge on any atom is 0.299 e. The predicted octanol–water partition coefficient (Wildman–Crippen LogP) is 0.975. The SMILES string of the molecule is CC(C)NS(=O)(=O)Nc1cccc(C(N)=S)c1. The summed E-state index contributed by atoms with van der Waals surface area (Å²) in [4.78, 5) is 0.225. The van der Waals surface area contributed by atoms with Crippen molar-refractivity contribution >= 4 is 33.1 Å². The summed E-state index contributed by atoms with van der Waals surface area (Å²) in [6.07, 6.45) is 0. The summed E-state index contributed by atoms with van der Waals surface area (Å²) < 4.78 is 28.0. The maximum absolute atomic E-state index is 11.6. The van der Waals surface area contributed by atoms with Crippen LogP contribution in [0.15, 0.2) is 24.3 Å². The number of hydrogen-bond acceptors (Lipinski definition) is 3. The molecule has 0 saturated carbocycles. The molecule has 1 aromatic carbocycles. The van der Waals surface area contributed by atoms with Gasteiger partial charge in [0.2, 0.25) is 0 Å². The van der Waals surface area contributed by atoms with Crippen molar-refractivity contribution in [3.8, 4) is 0 Å². The Bertz CT molecular complexity index is 512. The molecule has 1 rings (SSSR count). The molecule has 5 nitrogen and oxygen atoms in total. The molecular weight excluding hydrogens is 258 g/mol. The van der Waals surface area contributed by atoms with Crippen molar-refractivity contribution in [3.05, 3.63) is 29.8 Å². The van der Waals surface area contributed by atoms with E-state index in [0.717, 1.165) is 0 Å². The first-order valence-electron chi connectivity index (χ1n) is 5.00.